The van der Waals surface area contributed by atoms with Crippen molar-refractivity contribution < 1.29 is 4.74 Å². The van der Waals surface area contributed by atoms with Crippen molar-refractivity contribution in [3.8, 4) is 5.75 Å². The van der Waals surface area contributed by atoms with Gasteiger partial charge in [0.25, 0.3) is 0 Å². The van der Waals surface area contributed by atoms with Crippen LogP contribution in [0.1, 0.15) is 23.4 Å². The number of hydrogen-bond donors (Lipinski definition) is 1. The van der Waals surface area contributed by atoms with E-state index >= 15 is 0 Å². The molecule has 1 unspecified atom stereocenters. The lowest BCUT2D eigenvalue weighted by molar-refractivity contribution is 0.414. The number of rotatable bonds is 5. The molecule has 0 spiro atoms. The highest BCUT2D eigenvalue weighted by Gasteiger charge is 2.10. The maximum Gasteiger partial charge on any atom is 0.119 e. The largest absolute Gasteiger partial charge is 0.497 e. The van der Waals surface area contributed by atoms with E-state index in [1.807, 2.05) is 12.1 Å². The van der Waals surface area contributed by atoms with Crippen molar-refractivity contribution in [1.29, 1.82) is 0 Å². The van der Waals surface area contributed by atoms with Crippen LogP contribution in [0, 0.1) is 0 Å². The Morgan fingerprint density at radius 3 is 2.89 bits per heavy atom. The maximum absolute atomic E-state index is 5.22. The number of nitrogens with one attached hydrogen (secondary N) is 1. The zero-order valence-electron chi connectivity index (χ0n) is 10.4. The molecule has 2 aromatic rings. The van der Waals surface area contributed by atoms with Crippen molar-refractivity contribution in [2.75, 3.05) is 7.11 Å². The lowest BCUT2D eigenvalue weighted by Crippen LogP contribution is -2.17. The van der Waals surface area contributed by atoms with E-state index in [9.17, 15) is 0 Å². The summed E-state index contributed by atoms with van der Waals surface area (Å²) in [6.45, 7) is 3.01. The summed E-state index contributed by atoms with van der Waals surface area (Å²) in [6.07, 6.45) is 0. The third kappa shape index (κ3) is 3.34. The smallest absolute Gasteiger partial charge is 0.119 e. The minimum absolute atomic E-state index is 0.338. The molecule has 96 valence electrons. The fourth-order valence-corrected chi connectivity index (χ4v) is 3.51. The van der Waals surface area contributed by atoms with Crippen LogP contribution in [0.15, 0.2) is 40.2 Å². The second kappa shape index (κ2) is 6.36. The van der Waals surface area contributed by atoms with Crippen molar-refractivity contribution in [2.24, 2.45) is 0 Å². The van der Waals surface area contributed by atoms with E-state index in [1.165, 1.54) is 14.9 Å². The number of ether oxygens (including phenoxy) is 1. The first-order valence-electron chi connectivity index (χ1n) is 5.80. The van der Waals surface area contributed by atoms with E-state index < -0.39 is 0 Å². The normalized spacial score (nSPS) is 12.4. The summed E-state index contributed by atoms with van der Waals surface area (Å²) in [7, 11) is 1.69. The third-order valence-corrected chi connectivity index (χ3v) is 4.84. The number of methoxy groups -OCH3 is 1. The molecule has 0 aliphatic heterocycles. The Morgan fingerprint density at radius 2 is 2.22 bits per heavy atom. The Kier molecular flexibility index (Phi) is 4.80. The van der Waals surface area contributed by atoms with E-state index in [0.717, 1.165) is 12.3 Å². The van der Waals surface area contributed by atoms with Crippen LogP contribution in [0.5, 0.6) is 5.75 Å². The molecule has 18 heavy (non-hydrogen) atoms. The molecule has 1 heterocycles. The van der Waals surface area contributed by atoms with Crippen molar-refractivity contribution >= 4 is 27.3 Å². The van der Waals surface area contributed by atoms with E-state index in [4.69, 9.17) is 4.74 Å². The lowest BCUT2D eigenvalue weighted by atomic mass is 10.2. The summed E-state index contributed by atoms with van der Waals surface area (Å²) in [5.74, 6) is 0.902. The van der Waals surface area contributed by atoms with Gasteiger partial charge in [-0.2, -0.15) is 0 Å². The molecule has 1 atom stereocenters. The second-order valence-corrected chi connectivity index (χ2v) is 5.89. The first kappa shape index (κ1) is 13.6. The summed E-state index contributed by atoms with van der Waals surface area (Å²) >= 11 is 5.33. The first-order valence-corrected chi connectivity index (χ1v) is 7.47. The Balaban J connectivity index is 1.97. The van der Waals surface area contributed by atoms with Gasteiger partial charge in [0, 0.05) is 21.9 Å². The Morgan fingerprint density at radius 1 is 1.39 bits per heavy atom. The van der Waals surface area contributed by atoms with Gasteiger partial charge in [-0.25, -0.2) is 0 Å². The van der Waals surface area contributed by atoms with Crippen molar-refractivity contribution in [2.45, 2.75) is 19.5 Å². The van der Waals surface area contributed by atoms with Crippen molar-refractivity contribution in [3.63, 3.8) is 0 Å². The van der Waals surface area contributed by atoms with E-state index in [1.54, 1.807) is 18.4 Å². The van der Waals surface area contributed by atoms with Gasteiger partial charge >= 0.3 is 0 Å². The van der Waals surface area contributed by atoms with Crippen LogP contribution in [0.4, 0.5) is 0 Å². The summed E-state index contributed by atoms with van der Waals surface area (Å²) in [4.78, 5) is 1.33. The molecule has 1 N–H and O–H groups in total. The van der Waals surface area contributed by atoms with Crippen molar-refractivity contribution in [1.82, 2.24) is 5.32 Å². The molecular formula is C14H16BrNOS. The van der Waals surface area contributed by atoms with Crippen LogP contribution in [0.2, 0.25) is 0 Å². The average molecular weight is 326 g/mol. The molecule has 0 amide bonds. The van der Waals surface area contributed by atoms with Crippen LogP contribution in [-0.2, 0) is 6.54 Å². The van der Waals surface area contributed by atoms with Crippen LogP contribution < -0.4 is 10.1 Å². The summed E-state index contributed by atoms with van der Waals surface area (Å²) in [6, 6.07) is 10.6. The fraction of sp³-hybridized carbons (Fsp3) is 0.286. The summed E-state index contributed by atoms with van der Waals surface area (Å²) in [5.41, 5.74) is 1.23. The number of hydrogen-bond acceptors (Lipinski definition) is 3. The highest BCUT2D eigenvalue weighted by molar-refractivity contribution is 9.10. The standard InChI is InChI=1S/C14H16BrNOS/c1-10(14-13(15)6-7-18-14)16-9-11-4-3-5-12(8-11)17-2/h3-8,10,16H,9H2,1-2H3. The average Bonchev–Trinajstić information content (AvgIpc) is 2.82. The van der Waals surface area contributed by atoms with Gasteiger partial charge in [-0.15, -0.1) is 11.3 Å². The van der Waals surface area contributed by atoms with Gasteiger partial charge < -0.3 is 10.1 Å². The SMILES string of the molecule is COc1cccc(CNC(C)c2sccc2Br)c1. The molecule has 0 aliphatic carbocycles. The topological polar surface area (TPSA) is 21.3 Å². The highest BCUT2D eigenvalue weighted by Crippen LogP contribution is 2.28. The third-order valence-electron chi connectivity index (χ3n) is 2.78. The van der Waals surface area contributed by atoms with E-state index in [-0.39, 0.29) is 0 Å². The lowest BCUT2D eigenvalue weighted by Gasteiger charge is -2.13. The van der Waals surface area contributed by atoms with E-state index in [2.05, 4.69) is 51.7 Å². The first-order chi connectivity index (χ1) is 8.70. The van der Waals surface area contributed by atoms with Crippen molar-refractivity contribution in [3.05, 3.63) is 50.6 Å². The molecule has 2 nitrogen and oxygen atoms in total. The monoisotopic (exact) mass is 325 g/mol. The maximum atomic E-state index is 5.22. The molecule has 0 saturated carbocycles. The second-order valence-electron chi connectivity index (χ2n) is 4.09. The molecule has 0 saturated heterocycles. The van der Waals surface area contributed by atoms with E-state index in [0.29, 0.717) is 6.04 Å². The van der Waals surface area contributed by atoms with Gasteiger partial charge in [0.05, 0.1) is 7.11 Å². The predicted octanol–water partition coefficient (Wildman–Crippen LogP) is 4.37. The zero-order valence-corrected chi connectivity index (χ0v) is 12.8. The molecular weight excluding hydrogens is 310 g/mol. The zero-order chi connectivity index (χ0) is 13.0. The van der Waals surface area contributed by atoms with Gasteiger partial charge in [0.2, 0.25) is 0 Å². The predicted molar refractivity (Wildman–Crippen MR) is 80.3 cm³/mol. The molecule has 4 heteroatoms. The number of halogens is 1. The number of thiophene rings is 1. The Labute approximate surface area is 120 Å². The van der Waals surface area contributed by atoms with Gasteiger partial charge in [-0.3, -0.25) is 0 Å². The minimum Gasteiger partial charge on any atom is -0.497 e. The quantitative estimate of drug-likeness (QED) is 0.881. The highest BCUT2D eigenvalue weighted by atomic mass is 79.9. The molecule has 0 aliphatic rings. The molecule has 2 rings (SSSR count). The number of benzene rings is 1. The molecule has 1 aromatic carbocycles. The molecule has 1 aromatic heterocycles. The minimum atomic E-state index is 0.338. The van der Waals surface area contributed by atoms with Crippen LogP contribution in [-0.4, -0.2) is 7.11 Å². The van der Waals surface area contributed by atoms with Crippen LogP contribution in [0.3, 0.4) is 0 Å². The molecule has 0 fully saturated rings. The Bertz CT molecular complexity index is 512. The fourth-order valence-electron chi connectivity index (χ4n) is 1.76. The van der Waals surface area contributed by atoms with Gasteiger partial charge in [0.15, 0.2) is 0 Å². The molecule has 0 radical (unpaired) electrons. The summed E-state index contributed by atoms with van der Waals surface area (Å²) in [5, 5.41) is 5.62. The van der Waals surface area contributed by atoms with Crippen LogP contribution >= 0.6 is 27.3 Å². The van der Waals surface area contributed by atoms with Gasteiger partial charge in [-0.1, -0.05) is 12.1 Å². The van der Waals surface area contributed by atoms with Crippen LogP contribution in [0.25, 0.3) is 0 Å². The summed E-state index contributed by atoms with van der Waals surface area (Å²) < 4.78 is 6.40. The van der Waals surface area contributed by atoms with Gasteiger partial charge in [0.1, 0.15) is 5.75 Å². The Hall–Kier alpha value is -0.840. The molecule has 0 bridgehead atoms. The van der Waals surface area contributed by atoms with Gasteiger partial charge in [-0.05, 0) is 52.0 Å².